The van der Waals surface area contributed by atoms with Crippen LogP contribution >= 0.6 is 0 Å². The number of benzene rings is 1. The Morgan fingerprint density at radius 2 is 2.00 bits per heavy atom. The standard InChI is InChI=1S/C18H24N2O5/c1-11(2)14-6-5-12(3)9-15(14)24-10-16(21)25-13(4)17(22)20-8-7-19-18(20)23/h5-6,9,11,13H,7-8,10H2,1-4H3,(H,19,23). The van der Waals surface area contributed by atoms with Gasteiger partial charge in [0.2, 0.25) is 0 Å². The summed E-state index contributed by atoms with van der Waals surface area (Å²) in [6, 6.07) is 5.36. The van der Waals surface area contributed by atoms with E-state index in [1.807, 2.05) is 39.0 Å². The van der Waals surface area contributed by atoms with Gasteiger partial charge in [0.1, 0.15) is 5.75 Å². The number of ether oxygens (including phenoxy) is 2. The first-order valence-electron chi connectivity index (χ1n) is 8.31. The Morgan fingerprint density at radius 3 is 2.60 bits per heavy atom. The van der Waals surface area contributed by atoms with Crippen LogP contribution in [0.2, 0.25) is 0 Å². The molecule has 1 fully saturated rings. The molecular formula is C18H24N2O5. The molecule has 1 unspecified atom stereocenters. The van der Waals surface area contributed by atoms with Crippen molar-refractivity contribution in [2.24, 2.45) is 0 Å². The smallest absolute Gasteiger partial charge is 0.344 e. The van der Waals surface area contributed by atoms with Crippen LogP contribution in [0, 0.1) is 6.92 Å². The maximum atomic E-state index is 12.1. The van der Waals surface area contributed by atoms with Crippen molar-refractivity contribution in [3.8, 4) is 5.75 Å². The van der Waals surface area contributed by atoms with Gasteiger partial charge in [-0.15, -0.1) is 0 Å². The highest BCUT2D eigenvalue weighted by atomic mass is 16.6. The first-order chi connectivity index (χ1) is 11.8. The second kappa shape index (κ2) is 8.00. The number of nitrogens with zero attached hydrogens (tertiary/aromatic N) is 1. The molecule has 3 amide bonds. The van der Waals surface area contributed by atoms with Gasteiger partial charge in [0, 0.05) is 13.1 Å². The van der Waals surface area contributed by atoms with Crippen LogP contribution in [0.3, 0.4) is 0 Å². The summed E-state index contributed by atoms with van der Waals surface area (Å²) in [5.41, 5.74) is 2.02. The lowest BCUT2D eigenvalue weighted by atomic mass is 10.0. The monoisotopic (exact) mass is 348 g/mol. The molecule has 0 spiro atoms. The number of imide groups is 1. The highest BCUT2D eigenvalue weighted by Gasteiger charge is 2.31. The predicted molar refractivity (Wildman–Crippen MR) is 91.4 cm³/mol. The fourth-order valence-corrected chi connectivity index (χ4v) is 2.56. The summed E-state index contributed by atoms with van der Waals surface area (Å²) < 4.78 is 10.7. The van der Waals surface area contributed by atoms with Crippen LogP contribution in [0.25, 0.3) is 0 Å². The molecule has 1 atom stereocenters. The molecule has 2 rings (SSSR count). The Labute approximate surface area is 147 Å². The molecular weight excluding hydrogens is 324 g/mol. The highest BCUT2D eigenvalue weighted by Crippen LogP contribution is 2.27. The summed E-state index contributed by atoms with van der Waals surface area (Å²) in [4.78, 5) is 36.6. The molecule has 1 heterocycles. The van der Waals surface area contributed by atoms with Crippen LogP contribution in [0.5, 0.6) is 5.75 Å². The number of aryl methyl sites for hydroxylation is 1. The van der Waals surface area contributed by atoms with E-state index in [2.05, 4.69) is 5.32 Å². The molecule has 1 N–H and O–H groups in total. The van der Waals surface area contributed by atoms with Gasteiger partial charge in [0.15, 0.2) is 12.7 Å². The van der Waals surface area contributed by atoms with Crippen molar-refractivity contribution in [3.63, 3.8) is 0 Å². The summed E-state index contributed by atoms with van der Waals surface area (Å²) in [6.07, 6.45) is -1.04. The van der Waals surface area contributed by atoms with Gasteiger partial charge in [-0.1, -0.05) is 26.0 Å². The number of hydrogen-bond acceptors (Lipinski definition) is 5. The molecule has 25 heavy (non-hydrogen) atoms. The van der Waals surface area contributed by atoms with Crippen LogP contribution in [0.1, 0.15) is 37.8 Å². The van der Waals surface area contributed by atoms with Crippen molar-refractivity contribution in [2.45, 2.75) is 39.7 Å². The predicted octanol–water partition coefficient (Wildman–Crippen LogP) is 1.98. The lowest BCUT2D eigenvalue weighted by molar-refractivity contribution is -0.159. The van der Waals surface area contributed by atoms with Gasteiger partial charge in [0.25, 0.3) is 5.91 Å². The van der Waals surface area contributed by atoms with Crippen molar-refractivity contribution in [1.82, 2.24) is 10.2 Å². The maximum Gasteiger partial charge on any atom is 0.344 e. The normalized spacial score (nSPS) is 15.1. The Hall–Kier alpha value is -2.57. The number of amides is 3. The molecule has 1 aromatic carbocycles. The second-order valence-electron chi connectivity index (χ2n) is 6.34. The Balaban J connectivity index is 1.91. The minimum absolute atomic E-state index is 0.251. The van der Waals surface area contributed by atoms with Crippen LogP contribution in [-0.2, 0) is 14.3 Å². The van der Waals surface area contributed by atoms with E-state index in [1.54, 1.807) is 0 Å². The number of hydrogen-bond donors (Lipinski definition) is 1. The molecule has 0 aromatic heterocycles. The topological polar surface area (TPSA) is 84.9 Å². The summed E-state index contributed by atoms with van der Waals surface area (Å²) >= 11 is 0. The molecule has 0 saturated carbocycles. The molecule has 0 bridgehead atoms. The van der Waals surface area contributed by atoms with E-state index in [4.69, 9.17) is 9.47 Å². The van der Waals surface area contributed by atoms with E-state index in [0.717, 1.165) is 16.0 Å². The lowest BCUT2D eigenvalue weighted by Crippen LogP contribution is -2.42. The Bertz CT molecular complexity index is 671. The van der Waals surface area contributed by atoms with Gasteiger partial charge in [0.05, 0.1) is 0 Å². The Morgan fingerprint density at radius 1 is 1.28 bits per heavy atom. The molecule has 1 aliphatic rings. The SMILES string of the molecule is Cc1ccc(C(C)C)c(OCC(=O)OC(C)C(=O)N2CCNC2=O)c1. The third kappa shape index (κ3) is 4.71. The number of carbonyl (C=O) groups is 3. The van der Waals surface area contributed by atoms with Crippen molar-refractivity contribution >= 4 is 17.9 Å². The third-order valence-electron chi connectivity index (χ3n) is 3.92. The third-order valence-corrected chi connectivity index (χ3v) is 3.92. The molecule has 1 aliphatic heterocycles. The van der Waals surface area contributed by atoms with Gasteiger partial charge in [-0.05, 0) is 37.0 Å². The molecule has 1 aromatic rings. The van der Waals surface area contributed by atoms with Crippen molar-refractivity contribution in [2.75, 3.05) is 19.7 Å². The summed E-state index contributed by atoms with van der Waals surface area (Å²) in [7, 11) is 0. The number of carbonyl (C=O) groups excluding carboxylic acids is 3. The summed E-state index contributed by atoms with van der Waals surface area (Å²) in [5.74, 6) is -0.316. The largest absolute Gasteiger partial charge is 0.482 e. The van der Waals surface area contributed by atoms with E-state index in [0.29, 0.717) is 12.3 Å². The summed E-state index contributed by atoms with van der Waals surface area (Å²) in [6.45, 7) is 7.84. The van der Waals surface area contributed by atoms with E-state index in [-0.39, 0.29) is 19.1 Å². The molecule has 0 aliphatic carbocycles. The van der Waals surface area contributed by atoms with Gasteiger partial charge >= 0.3 is 12.0 Å². The number of urea groups is 1. The first kappa shape index (κ1) is 18.8. The zero-order chi connectivity index (χ0) is 18.6. The van der Waals surface area contributed by atoms with Crippen LogP contribution in [0.15, 0.2) is 18.2 Å². The van der Waals surface area contributed by atoms with Crippen LogP contribution < -0.4 is 10.1 Å². The number of nitrogens with one attached hydrogen (secondary N) is 1. The van der Waals surface area contributed by atoms with Gasteiger partial charge < -0.3 is 14.8 Å². The van der Waals surface area contributed by atoms with Crippen molar-refractivity contribution < 1.29 is 23.9 Å². The fraction of sp³-hybridized carbons (Fsp3) is 0.500. The minimum atomic E-state index is -1.04. The average Bonchev–Trinajstić information content (AvgIpc) is 2.97. The van der Waals surface area contributed by atoms with E-state index < -0.39 is 24.0 Å². The second-order valence-corrected chi connectivity index (χ2v) is 6.34. The summed E-state index contributed by atoms with van der Waals surface area (Å²) in [5, 5.41) is 2.53. The van der Waals surface area contributed by atoms with E-state index in [9.17, 15) is 14.4 Å². The van der Waals surface area contributed by atoms with Gasteiger partial charge in [-0.3, -0.25) is 9.69 Å². The first-order valence-corrected chi connectivity index (χ1v) is 8.31. The van der Waals surface area contributed by atoms with Crippen molar-refractivity contribution in [3.05, 3.63) is 29.3 Å². The van der Waals surface area contributed by atoms with E-state index >= 15 is 0 Å². The number of rotatable bonds is 6. The molecule has 1 saturated heterocycles. The Kier molecular flexibility index (Phi) is 6.01. The quantitative estimate of drug-likeness (QED) is 0.795. The molecule has 136 valence electrons. The zero-order valence-corrected chi connectivity index (χ0v) is 15.0. The van der Waals surface area contributed by atoms with Crippen LogP contribution in [-0.4, -0.2) is 48.6 Å². The zero-order valence-electron chi connectivity index (χ0n) is 15.0. The maximum absolute atomic E-state index is 12.1. The fourth-order valence-electron chi connectivity index (χ4n) is 2.56. The molecule has 7 heteroatoms. The molecule has 0 radical (unpaired) electrons. The van der Waals surface area contributed by atoms with Gasteiger partial charge in [-0.2, -0.15) is 0 Å². The van der Waals surface area contributed by atoms with Crippen molar-refractivity contribution in [1.29, 1.82) is 0 Å². The van der Waals surface area contributed by atoms with Crippen LogP contribution in [0.4, 0.5) is 4.79 Å². The molecule has 7 nitrogen and oxygen atoms in total. The average molecular weight is 348 g/mol. The van der Waals surface area contributed by atoms with E-state index in [1.165, 1.54) is 6.92 Å². The van der Waals surface area contributed by atoms with Gasteiger partial charge in [-0.25, -0.2) is 9.59 Å². The number of esters is 1. The lowest BCUT2D eigenvalue weighted by Gasteiger charge is -2.19. The highest BCUT2D eigenvalue weighted by molar-refractivity contribution is 5.98. The minimum Gasteiger partial charge on any atom is -0.482 e.